The molecule has 32 heavy (non-hydrogen) atoms. The van der Waals surface area contributed by atoms with Gasteiger partial charge in [-0.1, -0.05) is 37.3 Å². The number of hydrogen-bond donors (Lipinski definition) is 2. The smallest absolute Gasteiger partial charge is 0.408 e. The molecule has 0 radical (unpaired) electrons. The molecule has 2 atom stereocenters. The highest BCUT2D eigenvalue weighted by molar-refractivity contribution is 8.00. The summed E-state index contributed by atoms with van der Waals surface area (Å²) in [6.45, 7) is 12.9. The van der Waals surface area contributed by atoms with E-state index in [2.05, 4.69) is 10.6 Å². The number of thioether (sulfide) groups is 1. The number of carbonyl (C=O) groups excluding carboxylic acids is 3. The lowest BCUT2D eigenvalue weighted by Gasteiger charge is -2.26. The van der Waals surface area contributed by atoms with Crippen LogP contribution in [0.2, 0.25) is 0 Å². The van der Waals surface area contributed by atoms with Crippen molar-refractivity contribution < 1.29 is 28.6 Å². The lowest BCUT2D eigenvalue weighted by molar-refractivity contribution is -0.156. The number of amides is 2. The maximum absolute atomic E-state index is 12.6. The fourth-order valence-electron chi connectivity index (χ4n) is 2.31. The summed E-state index contributed by atoms with van der Waals surface area (Å²) in [6, 6.07) is 8.51. The van der Waals surface area contributed by atoms with Crippen LogP contribution < -0.4 is 10.6 Å². The second-order valence-corrected chi connectivity index (χ2v) is 10.8. The number of alkyl carbamates (subject to hydrolysis) is 2. The van der Waals surface area contributed by atoms with Crippen molar-refractivity contribution in [3.05, 3.63) is 35.9 Å². The predicted molar refractivity (Wildman–Crippen MR) is 126 cm³/mol. The molecule has 0 aromatic heterocycles. The van der Waals surface area contributed by atoms with Crippen LogP contribution >= 0.6 is 11.8 Å². The molecule has 1 aromatic rings. The fourth-order valence-corrected chi connectivity index (χ4v) is 3.25. The van der Waals surface area contributed by atoms with Gasteiger partial charge in [0.15, 0.2) is 0 Å². The van der Waals surface area contributed by atoms with Gasteiger partial charge in [-0.2, -0.15) is 11.8 Å². The Morgan fingerprint density at radius 3 is 2.09 bits per heavy atom. The first-order valence-electron chi connectivity index (χ1n) is 10.5. The molecule has 0 aliphatic rings. The number of hydrogen-bond acceptors (Lipinski definition) is 7. The largest absolute Gasteiger partial charge is 0.458 e. The number of benzene rings is 1. The van der Waals surface area contributed by atoms with Gasteiger partial charge in [0.1, 0.15) is 23.9 Å². The molecule has 9 heteroatoms. The van der Waals surface area contributed by atoms with Crippen molar-refractivity contribution in [2.24, 2.45) is 0 Å². The van der Waals surface area contributed by atoms with Crippen LogP contribution in [0.1, 0.15) is 54.0 Å². The quantitative estimate of drug-likeness (QED) is 0.412. The number of nitrogens with one attached hydrogen (secondary N) is 2. The molecule has 0 fully saturated rings. The number of ether oxygens (including phenoxy) is 3. The minimum Gasteiger partial charge on any atom is -0.458 e. The first kappa shape index (κ1) is 27.6. The second kappa shape index (κ2) is 12.6. The van der Waals surface area contributed by atoms with Gasteiger partial charge in [0.05, 0.1) is 0 Å². The molecule has 0 bridgehead atoms. The third-order valence-corrected chi connectivity index (χ3v) is 4.94. The first-order valence-corrected chi connectivity index (χ1v) is 11.6. The van der Waals surface area contributed by atoms with Crippen LogP contribution in [0.3, 0.4) is 0 Å². The molecule has 8 nitrogen and oxygen atoms in total. The van der Waals surface area contributed by atoms with Gasteiger partial charge in [0.25, 0.3) is 0 Å². The lowest BCUT2D eigenvalue weighted by atomic mass is 10.2. The zero-order valence-corrected chi connectivity index (χ0v) is 20.8. The number of esters is 1. The van der Waals surface area contributed by atoms with Crippen LogP contribution in [0.25, 0.3) is 0 Å². The predicted octanol–water partition coefficient (Wildman–Crippen LogP) is 4.27. The molecule has 2 N–H and O–H groups in total. The minimum absolute atomic E-state index is 0.0374. The van der Waals surface area contributed by atoms with Crippen LogP contribution in [0.5, 0.6) is 0 Å². The van der Waals surface area contributed by atoms with E-state index in [1.807, 2.05) is 37.3 Å². The molecule has 0 unspecified atom stereocenters. The van der Waals surface area contributed by atoms with E-state index < -0.39 is 35.4 Å². The van der Waals surface area contributed by atoms with Crippen molar-refractivity contribution in [3.63, 3.8) is 0 Å². The van der Waals surface area contributed by atoms with Gasteiger partial charge in [0.2, 0.25) is 0 Å². The van der Waals surface area contributed by atoms with E-state index >= 15 is 0 Å². The number of carbonyl (C=O) groups is 3. The number of rotatable bonds is 9. The molecule has 1 rings (SSSR count). The van der Waals surface area contributed by atoms with Crippen molar-refractivity contribution >= 4 is 29.9 Å². The Hall–Kier alpha value is -2.42. The van der Waals surface area contributed by atoms with Gasteiger partial charge in [-0.3, -0.25) is 0 Å². The molecule has 2 amide bonds. The summed E-state index contributed by atoms with van der Waals surface area (Å²) in [5.41, 5.74) is -0.475. The molecule has 180 valence electrons. The monoisotopic (exact) mass is 468 g/mol. The molecular formula is C23H36N2O6S. The van der Waals surface area contributed by atoms with Gasteiger partial charge in [-0.25, -0.2) is 14.4 Å². The highest BCUT2D eigenvalue weighted by Crippen LogP contribution is 2.16. The van der Waals surface area contributed by atoms with Crippen molar-refractivity contribution in [1.29, 1.82) is 0 Å². The van der Waals surface area contributed by atoms with Crippen molar-refractivity contribution in [1.82, 2.24) is 10.6 Å². The third kappa shape index (κ3) is 13.1. The Labute approximate surface area is 195 Å². The Kier molecular flexibility index (Phi) is 10.9. The zero-order chi connectivity index (χ0) is 24.4. The van der Waals surface area contributed by atoms with E-state index in [-0.39, 0.29) is 17.6 Å². The summed E-state index contributed by atoms with van der Waals surface area (Å²) >= 11 is 1.41. The summed E-state index contributed by atoms with van der Waals surface area (Å²) in [5, 5.41) is 5.25. The fraction of sp³-hybridized carbons (Fsp3) is 0.609. The normalized spacial score (nSPS) is 13.5. The van der Waals surface area contributed by atoms with Gasteiger partial charge < -0.3 is 24.8 Å². The second-order valence-electron chi connectivity index (χ2n) is 9.32. The Morgan fingerprint density at radius 1 is 0.938 bits per heavy atom. The van der Waals surface area contributed by atoms with Gasteiger partial charge >= 0.3 is 18.2 Å². The van der Waals surface area contributed by atoms with E-state index in [1.54, 1.807) is 41.5 Å². The standard InChI is InChI=1S/C23H36N2O6S/c1-16(13-24-20(27)29-14-17-11-9-8-10-12-17)32-15-18(19(26)30-22(2,3)4)25-21(28)31-23(5,6)7/h8-12,16,18H,13-15H2,1-7H3,(H,24,27)(H,25,28)/t16-,18+/m1/s1. The molecule has 0 spiro atoms. The minimum atomic E-state index is -0.887. The Balaban J connectivity index is 2.52. The van der Waals surface area contributed by atoms with Crippen molar-refractivity contribution in [2.75, 3.05) is 12.3 Å². The Bertz CT molecular complexity index is 743. The molecule has 0 aliphatic heterocycles. The average Bonchev–Trinajstić information content (AvgIpc) is 2.65. The Morgan fingerprint density at radius 2 is 1.53 bits per heavy atom. The summed E-state index contributed by atoms with van der Waals surface area (Å²) in [7, 11) is 0. The van der Waals surface area contributed by atoms with Gasteiger partial charge in [-0.05, 0) is 47.1 Å². The van der Waals surface area contributed by atoms with E-state index in [0.29, 0.717) is 6.54 Å². The molecule has 0 aliphatic carbocycles. The van der Waals surface area contributed by atoms with Crippen LogP contribution in [0.4, 0.5) is 9.59 Å². The van der Waals surface area contributed by atoms with Gasteiger partial charge in [0, 0.05) is 17.5 Å². The van der Waals surface area contributed by atoms with Crippen LogP contribution in [0, 0.1) is 0 Å². The van der Waals surface area contributed by atoms with Crippen molar-refractivity contribution in [2.45, 2.75) is 77.6 Å². The maximum atomic E-state index is 12.6. The highest BCUT2D eigenvalue weighted by atomic mass is 32.2. The molecule has 0 saturated carbocycles. The average molecular weight is 469 g/mol. The molecule has 0 saturated heterocycles. The topological polar surface area (TPSA) is 103 Å². The molecular weight excluding hydrogens is 432 g/mol. The maximum Gasteiger partial charge on any atom is 0.408 e. The summed E-state index contributed by atoms with van der Waals surface area (Å²) < 4.78 is 15.9. The first-order chi connectivity index (χ1) is 14.7. The lowest BCUT2D eigenvalue weighted by Crippen LogP contribution is -2.47. The summed E-state index contributed by atoms with van der Waals surface area (Å²) in [5.74, 6) is -0.283. The van der Waals surface area contributed by atoms with Crippen LogP contribution in [0.15, 0.2) is 30.3 Å². The summed E-state index contributed by atoms with van der Waals surface area (Å²) in [6.07, 6.45) is -1.21. The molecule has 0 heterocycles. The van der Waals surface area contributed by atoms with E-state index in [0.717, 1.165) is 5.56 Å². The van der Waals surface area contributed by atoms with E-state index in [9.17, 15) is 14.4 Å². The van der Waals surface area contributed by atoms with E-state index in [1.165, 1.54) is 11.8 Å². The van der Waals surface area contributed by atoms with E-state index in [4.69, 9.17) is 14.2 Å². The summed E-state index contributed by atoms with van der Waals surface area (Å²) in [4.78, 5) is 36.6. The van der Waals surface area contributed by atoms with Crippen LogP contribution in [-0.4, -0.2) is 52.9 Å². The molecule has 1 aromatic carbocycles. The van der Waals surface area contributed by atoms with Crippen molar-refractivity contribution in [3.8, 4) is 0 Å². The van der Waals surface area contributed by atoms with Gasteiger partial charge in [-0.15, -0.1) is 0 Å². The zero-order valence-electron chi connectivity index (χ0n) is 20.0. The third-order valence-electron chi connectivity index (χ3n) is 3.68. The van der Waals surface area contributed by atoms with Crippen LogP contribution in [-0.2, 0) is 25.6 Å². The SMILES string of the molecule is C[C@H](CNC(=O)OCc1ccccc1)SC[C@H](NC(=O)OC(C)(C)C)C(=O)OC(C)(C)C. The highest BCUT2D eigenvalue weighted by Gasteiger charge is 2.29.